The molecule has 0 saturated carbocycles. The molecule has 32 heavy (non-hydrogen) atoms. The highest BCUT2D eigenvalue weighted by Crippen LogP contribution is 2.32. The molecule has 2 aromatic carbocycles. The number of esters is 1. The molecule has 2 heterocycles. The molecule has 0 unspecified atom stereocenters. The Kier molecular flexibility index (Phi) is 6.41. The van der Waals surface area contributed by atoms with Crippen LogP contribution in [0.1, 0.15) is 40.0 Å². The topological polar surface area (TPSA) is 94.2 Å². The minimum atomic E-state index is -0.349. The molecular weight excluding hydrogens is 412 g/mol. The number of rotatable bonds is 4. The molecule has 0 bridgehead atoms. The van der Waals surface area contributed by atoms with Gasteiger partial charge in [0.05, 0.1) is 31.2 Å². The van der Waals surface area contributed by atoms with Gasteiger partial charge in [0.15, 0.2) is 0 Å². The molecular formula is C24H26N2O6. The molecule has 0 spiro atoms. The lowest BCUT2D eigenvalue weighted by Gasteiger charge is -2.42. The molecule has 0 radical (unpaired) electrons. The van der Waals surface area contributed by atoms with Gasteiger partial charge < -0.3 is 24.4 Å². The van der Waals surface area contributed by atoms with Crippen LogP contribution in [0.25, 0.3) is 0 Å². The highest BCUT2D eigenvalue weighted by atomic mass is 16.5. The van der Waals surface area contributed by atoms with Crippen molar-refractivity contribution in [2.24, 2.45) is 0 Å². The third-order valence-corrected chi connectivity index (χ3v) is 5.93. The van der Waals surface area contributed by atoms with Crippen LogP contribution in [0.3, 0.4) is 0 Å². The first-order valence-corrected chi connectivity index (χ1v) is 10.6. The lowest BCUT2D eigenvalue weighted by atomic mass is 9.94. The summed E-state index contributed by atoms with van der Waals surface area (Å²) < 4.78 is 16.8. The van der Waals surface area contributed by atoms with E-state index in [1.807, 2.05) is 6.07 Å². The third kappa shape index (κ3) is 4.60. The normalized spacial score (nSPS) is 22.5. The van der Waals surface area contributed by atoms with E-state index in [0.717, 1.165) is 0 Å². The van der Waals surface area contributed by atoms with Gasteiger partial charge in [-0.05, 0) is 43.2 Å². The van der Waals surface area contributed by atoms with Crippen LogP contribution in [-0.4, -0.2) is 61.7 Å². The standard InChI is InChI=1S/C24H26N2O6/c1-26-19-10-9-17(13-22(27)30-2)32-21(19)14-31-20-11-8-16(12-18(20)24(26)29)25-23(28)15-6-4-3-5-7-15/h3-8,11-12,17,19,21H,9-10,13-14H2,1-2H3,(H,25,28)/t17-,19-,21+/m1/s1. The van der Waals surface area contributed by atoms with Gasteiger partial charge >= 0.3 is 5.97 Å². The molecule has 1 fully saturated rings. The Morgan fingerprint density at radius 3 is 2.69 bits per heavy atom. The number of hydrogen-bond donors (Lipinski definition) is 1. The van der Waals surface area contributed by atoms with Crippen molar-refractivity contribution in [1.29, 1.82) is 0 Å². The van der Waals surface area contributed by atoms with Crippen LogP contribution in [-0.2, 0) is 14.3 Å². The number of hydrogen-bond acceptors (Lipinski definition) is 6. The number of likely N-dealkylation sites (N-methyl/N-ethyl adjacent to an activating group) is 1. The number of fused-ring (bicyclic) bond motifs is 2. The first-order chi connectivity index (χ1) is 15.5. The van der Waals surface area contributed by atoms with E-state index in [9.17, 15) is 14.4 Å². The zero-order valence-corrected chi connectivity index (χ0v) is 18.1. The first-order valence-electron chi connectivity index (χ1n) is 10.6. The molecule has 1 N–H and O–H groups in total. The Bertz CT molecular complexity index is 1010. The van der Waals surface area contributed by atoms with Gasteiger partial charge in [-0.1, -0.05) is 18.2 Å². The molecule has 3 atom stereocenters. The first kappa shape index (κ1) is 21.8. The van der Waals surface area contributed by atoms with Gasteiger partial charge in [-0.25, -0.2) is 0 Å². The largest absolute Gasteiger partial charge is 0.490 e. The van der Waals surface area contributed by atoms with E-state index in [1.54, 1.807) is 54.4 Å². The molecule has 2 aromatic rings. The maximum absolute atomic E-state index is 13.3. The Labute approximate surface area is 186 Å². The second kappa shape index (κ2) is 9.40. The van der Waals surface area contributed by atoms with Gasteiger partial charge in [-0.2, -0.15) is 0 Å². The molecule has 2 aliphatic rings. The summed E-state index contributed by atoms with van der Waals surface area (Å²) in [6.07, 6.45) is 0.910. The number of benzene rings is 2. The predicted octanol–water partition coefficient (Wildman–Crippen LogP) is 2.88. The predicted molar refractivity (Wildman–Crippen MR) is 117 cm³/mol. The van der Waals surface area contributed by atoms with Crippen LogP contribution in [0.2, 0.25) is 0 Å². The molecule has 2 amide bonds. The molecule has 4 rings (SSSR count). The maximum Gasteiger partial charge on any atom is 0.308 e. The van der Waals surface area contributed by atoms with Crippen LogP contribution in [0.15, 0.2) is 48.5 Å². The number of carbonyl (C=O) groups excluding carboxylic acids is 3. The lowest BCUT2D eigenvalue weighted by Crippen LogP contribution is -2.53. The molecule has 2 aliphatic heterocycles. The number of nitrogens with zero attached hydrogens (tertiary/aromatic N) is 1. The van der Waals surface area contributed by atoms with Crippen molar-refractivity contribution < 1.29 is 28.6 Å². The number of amides is 2. The fraction of sp³-hybridized carbons (Fsp3) is 0.375. The highest BCUT2D eigenvalue weighted by molar-refractivity contribution is 6.05. The minimum absolute atomic E-state index is 0.174. The zero-order valence-electron chi connectivity index (χ0n) is 18.1. The van der Waals surface area contributed by atoms with Crippen molar-refractivity contribution in [3.63, 3.8) is 0 Å². The smallest absolute Gasteiger partial charge is 0.308 e. The molecule has 1 saturated heterocycles. The summed E-state index contributed by atoms with van der Waals surface area (Å²) in [6, 6.07) is 13.7. The van der Waals surface area contributed by atoms with E-state index in [0.29, 0.717) is 35.4 Å². The highest BCUT2D eigenvalue weighted by Gasteiger charge is 2.39. The minimum Gasteiger partial charge on any atom is -0.490 e. The van der Waals surface area contributed by atoms with Crippen LogP contribution >= 0.6 is 0 Å². The van der Waals surface area contributed by atoms with Crippen LogP contribution in [0.4, 0.5) is 5.69 Å². The summed E-state index contributed by atoms with van der Waals surface area (Å²) in [5.74, 6) is -0.354. The third-order valence-electron chi connectivity index (χ3n) is 5.93. The van der Waals surface area contributed by atoms with E-state index < -0.39 is 0 Å². The Balaban J connectivity index is 1.52. The van der Waals surface area contributed by atoms with E-state index in [1.165, 1.54) is 7.11 Å². The summed E-state index contributed by atoms with van der Waals surface area (Å²) in [5.41, 5.74) is 1.43. The van der Waals surface area contributed by atoms with Crippen LogP contribution in [0.5, 0.6) is 5.75 Å². The van der Waals surface area contributed by atoms with Crippen molar-refractivity contribution in [3.8, 4) is 5.75 Å². The van der Waals surface area contributed by atoms with Crippen molar-refractivity contribution in [2.75, 3.05) is 26.1 Å². The molecule has 0 aromatic heterocycles. The maximum atomic E-state index is 13.3. The van der Waals surface area contributed by atoms with Crippen molar-refractivity contribution in [3.05, 3.63) is 59.7 Å². The molecule has 8 nitrogen and oxygen atoms in total. The van der Waals surface area contributed by atoms with Gasteiger partial charge in [0.25, 0.3) is 11.8 Å². The van der Waals surface area contributed by atoms with E-state index in [-0.39, 0.29) is 49.1 Å². The quantitative estimate of drug-likeness (QED) is 0.738. The second-order valence-electron chi connectivity index (χ2n) is 7.98. The summed E-state index contributed by atoms with van der Waals surface area (Å²) >= 11 is 0. The van der Waals surface area contributed by atoms with Gasteiger partial charge in [0.2, 0.25) is 0 Å². The van der Waals surface area contributed by atoms with Crippen LogP contribution < -0.4 is 10.1 Å². The second-order valence-corrected chi connectivity index (χ2v) is 7.98. The average molecular weight is 438 g/mol. The molecule has 0 aliphatic carbocycles. The number of carbonyl (C=O) groups is 3. The fourth-order valence-electron chi connectivity index (χ4n) is 4.17. The fourth-order valence-corrected chi connectivity index (χ4v) is 4.17. The van der Waals surface area contributed by atoms with Crippen molar-refractivity contribution in [1.82, 2.24) is 4.90 Å². The molecule has 8 heteroatoms. The molecule has 168 valence electrons. The van der Waals surface area contributed by atoms with E-state index >= 15 is 0 Å². The SMILES string of the molecule is COC(=O)C[C@H]1CC[C@@H]2[C@H](COc3ccc(NC(=O)c4ccccc4)cc3C(=O)N2C)O1. The Hall–Kier alpha value is -3.39. The number of methoxy groups -OCH3 is 1. The summed E-state index contributed by atoms with van der Waals surface area (Å²) in [7, 11) is 3.10. The summed E-state index contributed by atoms with van der Waals surface area (Å²) in [4.78, 5) is 39.0. The van der Waals surface area contributed by atoms with Crippen molar-refractivity contribution in [2.45, 2.75) is 37.5 Å². The van der Waals surface area contributed by atoms with Crippen LogP contribution in [0, 0.1) is 0 Å². The van der Waals surface area contributed by atoms with Gasteiger partial charge in [-0.15, -0.1) is 0 Å². The number of ether oxygens (including phenoxy) is 3. The zero-order chi connectivity index (χ0) is 22.7. The Morgan fingerprint density at radius 1 is 1.16 bits per heavy atom. The number of nitrogens with one attached hydrogen (secondary N) is 1. The van der Waals surface area contributed by atoms with E-state index in [4.69, 9.17) is 14.2 Å². The van der Waals surface area contributed by atoms with Gasteiger partial charge in [0, 0.05) is 18.3 Å². The summed E-state index contributed by atoms with van der Waals surface area (Å²) in [5, 5.41) is 2.83. The van der Waals surface area contributed by atoms with Crippen molar-refractivity contribution >= 4 is 23.5 Å². The lowest BCUT2D eigenvalue weighted by molar-refractivity contribution is -0.151. The van der Waals surface area contributed by atoms with Gasteiger partial charge in [-0.3, -0.25) is 14.4 Å². The monoisotopic (exact) mass is 438 g/mol. The van der Waals surface area contributed by atoms with E-state index in [2.05, 4.69) is 5.32 Å². The summed E-state index contributed by atoms with van der Waals surface area (Å²) in [6.45, 7) is 0.253. The average Bonchev–Trinajstić information content (AvgIpc) is 2.82. The number of anilines is 1. The Morgan fingerprint density at radius 2 is 1.94 bits per heavy atom. The van der Waals surface area contributed by atoms with Gasteiger partial charge in [0.1, 0.15) is 18.5 Å².